The number of aliphatic carboxylic acids is 1. The summed E-state index contributed by atoms with van der Waals surface area (Å²) in [4.78, 5) is 39.0. The standard InChI is InChI=1S/C15H22N2O5S/c1-15(2,3)22-14(21)17-8-10(7-12(18)19)6-11(17)13(20)16-4-5-23-9-16/h7,11H,4-6,8-9H2,1-3H3,(H,18,19)/b10-7+/t11-/m0/s1. The lowest BCUT2D eigenvalue weighted by molar-refractivity contribution is -0.134. The van der Waals surface area contributed by atoms with Crippen molar-refractivity contribution in [3.63, 3.8) is 0 Å². The van der Waals surface area contributed by atoms with Crippen molar-refractivity contribution in [2.24, 2.45) is 0 Å². The number of carbonyl (C=O) groups is 3. The van der Waals surface area contributed by atoms with Crippen LogP contribution in [0, 0.1) is 0 Å². The summed E-state index contributed by atoms with van der Waals surface area (Å²) in [5.74, 6) is 0.265. The van der Waals surface area contributed by atoms with Crippen LogP contribution in [-0.4, -0.2) is 69.2 Å². The van der Waals surface area contributed by atoms with Crippen LogP contribution in [-0.2, 0) is 14.3 Å². The molecular weight excluding hydrogens is 320 g/mol. The molecule has 0 unspecified atom stereocenters. The Morgan fingerprint density at radius 3 is 2.57 bits per heavy atom. The summed E-state index contributed by atoms with van der Waals surface area (Å²) in [5.41, 5.74) is -0.124. The van der Waals surface area contributed by atoms with E-state index < -0.39 is 23.7 Å². The molecule has 128 valence electrons. The quantitative estimate of drug-likeness (QED) is 0.766. The molecule has 0 saturated carbocycles. The van der Waals surface area contributed by atoms with Crippen molar-refractivity contribution in [3.05, 3.63) is 11.6 Å². The van der Waals surface area contributed by atoms with Crippen LogP contribution in [0.4, 0.5) is 4.79 Å². The van der Waals surface area contributed by atoms with Gasteiger partial charge in [-0.1, -0.05) is 0 Å². The summed E-state index contributed by atoms with van der Waals surface area (Å²) < 4.78 is 5.35. The Hall–Kier alpha value is -1.70. The minimum absolute atomic E-state index is 0.110. The molecule has 2 rings (SSSR count). The summed E-state index contributed by atoms with van der Waals surface area (Å²) in [6, 6.07) is -0.686. The molecule has 0 spiro atoms. The van der Waals surface area contributed by atoms with Gasteiger partial charge in [0, 0.05) is 31.3 Å². The molecule has 0 aromatic heterocycles. The molecule has 1 N–H and O–H groups in total. The fourth-order valence-electron chi connectivity index (χ4n) is 2.56. The van der Waals surface area contributed by atoms with E-state index in [2.05, 4.69) is 0 Å². The van der Waals surface area contributed by atoms with Gasteiger partial charge >= 0.3 is 12.1 Å². The van der Waals surface area contributed by atoms with E-state index in [1.165, 1.54) is 4.90 Å². The van der Waals surface area contributed by atoms with E-state index in [9.17, 15) is 14.4 Å². The first-order chi connectivity index (χ1) is 10.7. The minimum atomic E-state index is -1.08. The van der Waals surface area contributed by atoms with E-state index in [1.54, 1.807) is 37.4 Å². The molecule has 2 heterocycles. The number of carbonyl (C=O) groups excluding carboxylic acids is 2. The summed E-state index contributed by atoms with van der Waals surface area (Å²) in [7, 11) is 0. The van der Waals surface area contributed by atoms with Crippen LogP contribution in [0.2, 0.25) is 0 Å². The van der Waals surface area contributed by atoms with Gasteiger partial charge in [0.15, 0.2) is 0 Å². The minimum Gasteiger partial charge on any atom is -0.478 e. The monoisotopic (exact) mass is 342 g/mol. The SMILES string of the molecule is CC(C)(C)OC(=O)N1C/C(=C/C(=O)O)C[C@H]1C(=O)N1CCSC1. The molecule has 0 bridgehead atoms. The van der Waals surface area contributed by atoms with E-state index in [4.69, 9.17) is 9.84 Å². The van der Waals surface area contributed by atoms with Gasteiger partial charge in [-0.15, -0.1) is 11.8 Å². The molecule has 0 aliphatic carbocycles. The van der Waals surface area contributed by atoms with Crippen LogP contribution < -0.4 is 0 Å². The molecular formula is C15H22N2O5S. The number of carboxylic acids is 1. The van der Waals surface area contributed by atoms with Gasteiger partial charge < -0.3 is 14.7 Å². The number of likely N-dealkylation sites (tertiary alicyclic amines) is 1. The third kappa shape index (κ3) is 4.63. The van der Waals surface area contributed by atoms with Crippen molar-refractivity contribution in [2.75, 3.05) is 24.7 Å². The average Bonchev–Trinajstić information content (AvgIpc) is 3.03. The number of ether oxygens (including phenoxy) is 1. The molecule has 2 aliphatic rings. The molecule has 1 atom stereocenters. The van der Waals surface area contributed by atoms with E-state index in [-0.39, 0.29) is 18.9 Å². The number of rotatable bonds is 2. The van der Waals surface area contributed by atoms with Gasteiger partial charge in [-0.3, -0.25) is 9.69 Å². The van der Waals surface area contributed by atoms with Gasteiger partial charge in [0.2, 0.25) is 5.91 Å². The predicted octanol–water partition coefficient (Wildman–Crippen LogP) is 1.54. The fraction of sp³-hybridized carbons (Fsp3) is 0.667. The van der Waals surface area contributed by atoms with Crippen LogP contribution in [0.5, 0.6) is 0 Å². The Balaban J connectivity index is 2.18. The highest BCUT2D eigenvalue weighted by Crippen LogP contribution is 2.28. The van der Waals surface area contributed by atoms with Crippen molar-refractivity contribution in [3.8, 4) is 0 Å². The normalized spacial score (nSPS) is 23.4. The Morgan fingerprint density at radius 1 is 1.35 bits per heavy atom. The van der Waals surface area contributed by atoms with E-state index in [0.29, 0.717) is 18.0 Å². The average molecular weight is 342 g/mol. The van der Waals surface area contributed by atoms with Gasteiger partial charge in [0.25, 0.3) is 0 Å². The predicted molar refractivity (Wildman–Crippen MR) is 86.1 cm³/mol. The molecule has 2 saturated heterocycles. The third-order valence-electron chi connectivity index (χ3n) is 3.51. The number of hydrogen-bond donors (Lipinski definition) is 1. The fourth-order valence-corrected chi connectivity index (χ4v) is 3.52. The highest BCUT2D eigenvalue weighted by molar-refractivity contribution is 7.99. The lowest BCUT2D eigenvalue weighted by atomic mass is 10.1. The van der Waals surface area contributed by atoms with Gasteiger partial charge in [0.1, 0.15) is 11.6 Å². The number of amides is 2. The number of thioether (sulfide) groups is 1. The lowest BCUT2D eigenvalue weighted by Gasteiger charge is -2.29. The molecule has 8 heteroatoms. The van der Waals surface area contributed by atoms with Crippen LogP contribution in [0.3, 0.4) is 0 Å². The maximum Gasteiger partial charge on any atom is 0.411 e. The van der Waals surface area contributed by atoms with Crippen molar-refractivity contribution < 1.29 is 24.2 Å². The zero-order valence-electron chi connectivity index (χ0n) is 13.6. The van der Waals surface area contributed by atoms with Crippen molar-refractivity contribution >= 4 is 29.7 Å². The van der Waals surface area contributed by atoms with Crippen LogP contribution in [0.25, 0.3) is 0 Å². The molecule has 0 aromatic carbocycles. The third-order valence-corrected chi connectivity index (χ3v) is 4.48. The smallest absolute Gasteiger partial charge is 0.411 e. The van der Waals surface area contributed by atoms with E-state index in [0.717, 1.165) is 11.8 Å². The first-order valence-corrected chi connectivity index (χ1v) is 8.61. The second-order valence-corrected chi connectivity index (χ2v) is 7.68. The largest absolute Gasteiger partial charge is 0.478 e. The zero-order chi connectivity index (χ0) is 17.2. The summed E-state index contributed by atoms with van der Waals surface area (Å²) in [5, 5.41) is 8.91. The van der Waals surface area contributed by atoms with Crippen molar-refractivity contribution in [2.45, 2.75) is 38.8 Å². The molecule has 23 heavy (non-hydrogen) atoms. The maximum atomic E-state index is 12.6. The first-order valence-electron chi connectivity index (χ1n) is 7.46. The number of hydrogen-bond acceptors (Lipinski definition) is 5. The van der Waals surface area contributed by atoms with Crippen LogP contribution in [0.1, 0.15) is 27.2 Å². The molecule has 2 fully saturated rings. The second-order valence-electron chi connectivity index (χ2n) is 6.61. The van der Waals surface area contributed by atoms with Crippen molar-refractivity contribution in [1.29, 1.82) is 0 Å². The number of nitrogens with zero attached hydrogens (tertiary/aromatic N) is 2. The van der Waals surface area contributed by atoms with Crippen LogP contribution >= 0.6 is 11.8 Å². The lowest BCUT2D eigenvalue weighted by Crippen LogP contribution is -2.48. The van der Waals surface area contributed by atoms with E-state index >= 15 is 0 Å². The molecule has 7 nitrogen and oxygen atoms in total. The number of carboxylic acid groups (broad SMARTS) is 1. The van der Waals surface area contributed by atoms with Gasteiger partial charge in [0.05, 0.1) is 5.88 Å². The van der Waals surface area contributed by atoms with Crippen LogP contribution in [0.15, 0.2) is 11.6 Å². The molecule has 2 aliphatic heterocycles. The highest BCUT2D eigenvalue weighted by Gasteiger charge is 2.41. The Morgan fingerprint density at radius 2 is 2.04 bits per heavy atom. The van der Waals surface area contributed by atoms with Crippen molar-refractivity contribution in [1.82, 2.24) is 9.80 Å². The summed E-state index contributed by atoms with van der Waals surface area (Å²) >= 11 is 1.66. The first kappa shape index (κ1) is 17.7. The second kappa shape index (κ2) is 6.82. The Kier molecular flexibility index (Phi) is 5.23. The van der Waals surface area contributed by atoms with Gasteiger partial charge in [-0.2, -0.15) is 0 Å². The molecule has 0 radical (unpaired) electrons. The Bertz CT molecular complexity index is 534. The summed E-state index contributed by atoms with van der Waals surface area (Å²) in [6.45, 7) is 6.02. The zero-order valence-corrected chi connectivity index (χ0v) is 14.4. The van der Waals surface area contributed by atoms with Gasteiger partial charge in [-0.05, 0) is 26.3 Å². The molecule has 0 aromatic rings. The maximum absolute atomic E-state index is 12.6. The summed E-state index contributed by atoms with van der Waals surface area (Å²) in [6.07, 6.45) is 0.728. The van der Waals surface area contributed by atoms with Gasteiger partial charge in [-0.25, -0.2) is 9.59 Å². The highest BCUT2D eigenvalue weighted by atomic mass is 32.2. The van der Waals surface area contributed by atoms with E-state index in [1.807, 2.05) is 0 Å². The Labute approximate surface area is 139 Å². The molecule has 2 amide bonds. The topological polar surface area (TPSA) is 87.1 Å².